The molecule has 1 aromatic carbocycles. The van der Waals surface area contributed by atoms with Crippen LogP contribution in [0.5, 0.6) is 0 Å². The van der Waals surface area contributed by atoms with E-state index in [1.165, 1.54) is 25.4 Å². The summed E-state index contributed by atoms with van der Waals surface area (Å²) < 4.78 is 27.1. The highest BCUT2D eigenvalue weighted by Crippen LogP contribution is 2.32. The lowest BCUT2D eigenvalue weighted by molar-refractivity contribution is 0.505. The molecular formula is C13H16ClN3O2S2. The van der Waals surface area contributed by atoms with Crippen LogP contribution in [0.1, 0.15) is 10.6 Å². The molecule has 2 rings (SSSR count). The first kappa shape index (κ1) is 16.4. The molecule has 2 aromatic rings. The summed E-state index contributed by atoms with van der Waals surface area (Å²) in [6.07, 6.45) is 0. The van der Waals surface area contributed by atoms with E-state index in [9.17, 15) is 8.42 Å². The molecule has 0 atom stereocenters. The maximum absolute atomic E-state index is 11.7. The topological polar surface area (TPSA) is 62.3 Å². The molecule has 1 heterocycles. The third-order valence-corrected chi connectivity index (χ3v) is 5.88. The van der Waals surface area contributed by atoms with Gasteiger partial charge in [0.25, 0.3) is 10.2 Å². The minimum atomic E-state index is -3.44. The first-order chi connectivity index (χ1) is 9.81. The van der Waals surface area contributed by atoms with Crippen molar-refractivity contribution in [2.24, 2.45) is 0 Å². The van der Waals surface area contributed by atoms with Crippen LogP contribution >= 0.6 is 22.9 Å². The van der Waals surface area contributed by atoms with Gasteiger partial charge in [-0.3, -0.25) is 0 Å². The summed E-state index contributed by atoms with van der Waals surface area (Å²) in [7, 11) is -0.474. The van der Waals surface area contributed by atoms with Crippen molar-refractivity contribution in [3.8, 4) is 10.6 Å². The van der Waals surface area contributed by atoms with Crippen LogP contribution in [0.25, 0.3) is 10.6 Å². The molecule has 0 bridgehead atoms. The van der Waals surface area contributed by atoms with Crippen LogP contribution in [-0.2, 0) is 16.8 Å². The van der Waals surface area contributed by atoms with Crippen LogP contribution in [-0.4, -0.2) is 31.8 Å². The Kier molecular flexibility index (Phi) is 5.00. The van der Waals surface area contributed by atoms with E-state index in [1.54, 1.807) is 0 Å². The van der Waals surface area contributed by atoms with Gasteiger partial charge in [-0.2, -0.15) is 17.4 Å². The van der Waals surface area contributed by atoms with Crippen molar-refractivity contribution in [2.45, 2.75) is 13.5 Å². The number of hydrogen-bond acceptors (Lipinski definition) is 4. The monoisotopic (exact) mass is 345 g/mol. The summed E-state index contributed by atoms with van der Waals surface area (Å²) in [5.74, 6) is 0. The molecule has 21 heavy (non-hydrogen) atoms. The molecule has 0 fully saturated rings. The molecular weight excluding hydrogens is 330 g/mol. The summed E-state index contributed by atoms with van der Waals surface area (Å²) in [6.45, 7) is 2.07. The Morgan fingerprint density at radius 2 is 2.00 bits per heavy atom. The van der Waals surface area contributed by atoms with Crippen LogP contribution in [0, 0.1) is 6.92 Å². The van der Waals surface area contributed by atoms with E-state index in [0.717, 1.165) is 25.4 Å². The fourth-order valence-corrected chi connectivity index (χ4v) is 3.63. The second-order valence-electron chi connectivity index (χ2n) is 4.62. The molecule has 0 spiro atoms. The summed E-state index contributed by atoms with van der Waals surface area (Å²) in [5, 5.41) is 1.42. The van der Waals surface area contributed by atoms with Gasteiger partial charge in [0.05, 0.1) is 10.7 Å². The van der Waals surface area contributed by atoms with Crippen molar-refractivity contribution in [1.29, 1.82) is 0 Å². The van der Waals surface area contributed by atoms with Gasteiger partial charge in [0.15, 0.2) is 0 Å². The van der Waals surface area contributed by atoms with Crippen LogP contribution in [0.3, 0.4) is 0 Å². The van der Waals surface area contributed by atoms with Crippen LogP contribution in [0.4, 0.5) is 0 Å². The number of rotatable bonds is 5. The average molecular weight is 346 g/mol. The Balaban J connectivity index is 2.23. The van der Waals surface area contributed by atoms with Gasteiger partial charge < -0.3 is 0 Å². The van der Waals surface area contributed by atoms with Gasteiger partial charge in [0.2, 0.25) is 0 Å². The zero-order valence-electron chi connectivity index (χ0n) is 11.9. The molecule has 1 aromatic heterocycles. The fourth-order valence-electron chi connectivity index (χ4n) is 1.63. The molecule has 0 saturated heterocycles. The number of benzene rings is 1. The second kappa shape index (κ2) is 6.41. The summed E-state index contributed by atoms with van der Waals surface area (Å²) in [4.78, 5) is 5.34. The molecule has 0 aliphatic heterocycles. The lowest BCUT2D eigenvalue weighted by atomic mass is 10.2. The first-order valence-electron chi connectivity index (χ1n) is 6.19. The molecule has 0 radical (unpaired) electrons. The molecule has 0 amide bonds. The maximum Gasteiger partial charge on any atom is 0.279 e. The van der Waals surface area contributed by atoms with E-state index < -0.39 is 10.2 Å². The van der Waals surface area contributed by atoms with Crippen molar-refractivity contribution in [2.75, 3.05) is 14.1 Å². The molecule has 5 nitrogen and oxygen atoms in total. The Bertz CT molecular complexity index is 742. The highest BCUT2D eigenvalue weighted by Gasteiger charge is 2.16. The normalized spacial score (nSPS) is 12.0. The molecule has 1 N–H and O–H groups in total. The average Bonchev–Trinajstić information content (AvgIpc) is 2.78. The fraction of sp³-hybridized carbons (Fsp3) is 0.308. The zero-order valence-corrected chi connectivity index (χ0v) is 14.3. The van der Waals surface area contributed by atoms with E-state index in [2.05, 4.69) is 9.71 Å². The number of aryl methyl sites for hydroxylation is 1. The Labute approximate surface area is 133 Å². The minimum absolute atomic E-state index is 0.217. The number of thiazole rings is 1. The van der Waals surface area contributed by atoms with Crippen LogP contribution in [0.2, 0.25) is 5.02 Å². The van der Waals surface area contributed by atoms with E-state index >= 15 is 0 Å². The predicted octanol–water partition coefficient (Wildman–Crippen LogP) is 2.67. The summed E-state index contributed by atoms with van der Waals surface area (Å²) in [5.41, 5.74) is 1.66. The second-order valence-corrected chi connectivity index (χ2v) is 8.08. The molecule has 0 aliphatic carbocycles. The van der Waals surface area contributed by atoms with Crippen LogP contribution < -0.4 is 4.72 Å². The smallest absolute Gasteiger partial charge is 0.241 e. The SMILES string of the molecule is Cc1nc(-c2ccccc2Cl)sc1CNS(=O)(=O)N(C)C. The summed E-state index contributed by atoms with van der Waals surface area (Å²) >= 11 is 7.60. The lowest BCUT2D eigenvalue weighted by Crippen LogP contribution is -2.35. The molecule has 0 aliphatic rings. The van der Waals surface area contributed by atoms with E-state index in [1.807, 2.05) is 31.2 Å². The van der Waals surface area contributed by atoms with Crippen molar-refractivity contribution >= 4 is 33.1 Å². The third-order valence-electron chi connectivity index (χ3n) is 2.89. The lowest BCUT2D eigenvalue weighted by Gasteiger charge is -2.11. The molecule has 8 heteroatoms. The van der Waals surface area contributed by atoms with E-state index in [4.69, 9.17) is 11.6 Å². The van der Waals surface area contributed by atoms with Gasteiger partial charge in [-0.05, 0) is 13.0 Å². The Morgan fingerprint density at radius 1 is 1.33 bits per heavy atom. The summed E-state index contributed by atoms with van der Waals surface area (Å²) in [6, 6.07) is 7.46. The quantitative estimate of drug-likeness (QED) is 0.906. The largest absolute Gasteiger partial charge is 0.279 e. The van der Waals surface area contributed by atoms with Gasteiger partial charge in [-0.25, -0.2) is 4.98 Å². The molecule has 0 saturated carbocycles. The Hall–Kier alpha value is -0.990. The van der Waals surface area contributed by atoms with Gasteiger partial charge >= 0.3 is 0 Å². The Morgan fingerprint density at radius 3 is 2.62 bits per heavy atom. The van der Waals surface area contributed by atoms with Crippen molar-refractivity contribution in [1.82, 2.24) is 14.0 Å². The number of hydrogen-bond donors (Lipinski definition) is 1. The third kappa shape index (κ3) is 3.81. The van der Waals surface area contributed by atoms with E-state index in [0.29, 0.717) is 5.02 Å². The number of halogens is 1. The van der Waals surface area contributed by atoms with Gasteiger partial charge in [-0.1, -0.05) is 29.8 Å². The number of aromatic nitrogens is 1. The minimum Gasteiger partial charge on any atom is -0.241 e. The number of nitrogens with zero attached hydrogens (tertiary/aromatic N) is 2. The van der Waals surface area contributed by atoms with Crippen molar-refractivity contribution in [3.05, 3.63) is 39.9 Å². The van der Waals surface area contributed by atoms with Gasteiger partial charge in [0.1, 0.15) is 5.01 Å². The highest BCUT2D eigenvalue weighted by atomic mass is 35.5. The van der Waals surface area contributed by atoms with Gasteiger partial charge in [0, 0.05) is 31.1 Å². The van der Waals surface area contributed by atoms with Gasteiger partial charge in [-0.15, -0.1) is 11.3 Å². The zero-order chi connectivity index (χ0) is 15.6. The van der Waals surface area contributed by atoms with Crippen molar-refractivity contribution in [3.63, 3.8) is 0 Å². The van der Waals surface area contributed by atoms with E-state index in [-0.39, 0.29) is 6.54 Å². The maximum atomic E-state index is 11.7. The highest BCUT2D eigenvalue weighted by molar-refractivity contribution is 7.87. The predicted molar refractivity (Wildman–Crippen MR) is 86.7 cm³/mol. The standard InChI is InChI=1S/C13H16ClN3O2S2/c1-9-12(8-15-21(18,19)17(2)3)20-13(16-9)10-6-4-5-7-11(10)14/h4-7,15H,8H2,1-3H3. The molecule has 114 valence electrons. The first-order valence-corrected chi connectivity index (χ1v) is 8.83. The van der Waals surface area contributed by atoms with Crippen molar-refractivity contribution < 1.29 is 8.42 Å². The number of nitrogens with one attached hydrogen (secondary N) is 1. The van der Waals surface area contributed by atoms with Crippen LogP contribution in [0.15, 0.2) is 24.3 Å². The molecule has 0 unspecified atom stereocenters.